The van der Waals surface area contributed by atoms with Crippen LogP contribution in [0.2, 0.25) is 0 Å². The summed E-state index contributed by atoms with van der Waals surface area (Å²) in [6, 6.07) is 36.0. The Bertz CT molecular complexity index is 1210. The normalized spacial score (nSPS) is 11.9. The van der Waals surface area contributed by atoms with Crippen LogP contribution in [0.3, 0.4) is 0 Å². The van der Waals surface area contributed by atoms with Gasteiger partial charge in [-0.25, -0.2) is 0 Å². The number of hydrogen-bond acceptors (Lipinski definition) is 2. The first-order chi connectivity index (χ1) is 15.7. The molecule has 165 valence electrons. The van der Waals surface area contributed by atoms with Gasteiger partial charge in [0.25, 0.3) is 0 Å². The summed E-state index contributed by atoms with van der Waals surface area (Å²) in [7, 11) is 1.73. The second-order valence-corrected chi connectivity index (χ2v) is 9.45. The van der Waals surface area contributed by atoms with E-state index in [0.717, 1.165) is 16.6 Å². The average molecular weight is 433 g/mol. The van der Waals surface area contributed by atoms with E-state index in [1.54, 1.807) is 21.3 Å². The zero-order valence-corrected chi connectivity index (χ0v) is 19.7. The van der Waals surface area contributed by atoms with Crippen molar-refractivity contribution < 1.29 is 9.76 Å². The molecule has 4 aromatic carbocycles. The van der Waals surface area contributed by atoms with Crippen molar-refractivity contribution in [1.82, 2.24) is 0 Å². The van der Waals surface area contributed by atoms with Crippen molar-refractivity contribution in [1.29, 1.82) is 0 Å². The van der Waals surface area contributed by atoms with Crippen LogP contribution >= 0.6 is 0 Å². The summed E-state index contributed by atoms with van der Waals surface area (Å²) in [4.78, 5) is 0. The van der Waals surface area contributed by atoms with E-state index >= 15 is 0 Å². The van der Waals surface area contributed by atoms with E-state index in [4.69, 9.17) is 4.65 Å². The maximum absolute atomic E-state index is 10.3. The van der Waals surface area contributed by atoms with E-state index in [9.17, 15) is 5.11 Å². The number of aliphatic hydroxyl groups is 1. The van der Waals surface area contributed by atoms with Crippen LogP contribution in [0.5, 0.6) is 0 Å². The van der Waals surface area contributed by atoms with Gasteiger partial charge in [-0.3, -0.25) is 0 Å². The molecule has 0 amide bonds. The van der Waals surface area contributed by atoms with Crippen LogP contribution in [0.4, 0.5) is 0 Å². The van der Waals surface area contributed by atoms with Crippen LogP contribution in [0.1, 0.15) is 27.7 Å². The van der Waals surface area contributed by atoms with Gasteiger partial charge < -0.3 is 9.76 Å². The van der Waals surface area contributed by atoms with Gasteiger partial charge in [-0.2, -0.15) is 0 Å². The van der Waals surface area contributed by atoms with E-state index in [-0.39, 0.29) is 0 Å². The van der Waals surface area contributed by atoms with Gasteiger partial charge in [-0.15, -0.1) is 0 Å². The molecule has 0 aliphatic heterocycles. The fourth-order valence-electron chi connectivity index (χ4n) is 3.52. The number of hydrogen-bond donors (Lipinski definition) is 1. The van der Waals surface area contributed by atoms with Crippen LogP contribution in [-0.2, 0) is 4.65 Å². The van der Waals surface area contributed by atoms with E-state index < -0.39 is 11.2 Å². The first-order valence-electron chi connectivity index (χ1n) is 11.3. The van der Waals surface area contributed by atoms with Crippen LogP contribution in [0, 0.1) is 0 Å². The lowest BCUT2D eigenvalue weighted by atomic mass is 9.81. The molecule has 4 aromatic rings. The third kappa shape index (κ3) is 5.44. The van der Waals surface area contributed by atoms with Gasteiger partial charge in [-0.1, -0.05) is 103 Å². The lowest BCUT2D eigenvalue weighted by Crippen LogP contribution is -2.49. The maximum Gasteiger partial charge on any atom is 0.330 e. The summed E-state index contributed by atoms with van der Waals surface area (Å²) >= 11 is 0. The standard InChI is InChI=1S/C30H30BO2/c1-29(2,32)30(3,4)33-31-28-15-9-14-27(21-28)26-13-8-12-25(20-26)24-18-16-23(17-19-24)22-10-6-5-7-11-22/h5-21,32H,1-4H3. The Morgan fingerprint density at radius 1 is 0.545 bits per heavy atom. The summed E-state index contributed by atoms with van der Waals surface area (Å²) in [6.45, 7) is 7.30. The van der Waals surface area contributed by atoms with Crippen molar-refractivity contribution >= 4 is 12.9 Å². The van der Waals surface area contributed by atoms with E-state index in [1.807, 2.05) is 32.0 Å². The highest BCUT2D eigenvalue weighted by Crippen LogP contribution is 2.29. The van der Waals surface area contributed by atoms with Gasteiger partial charge >= 0.3 is 7.48 Å². The minimum Gasteiger partial charge on any atom is -0.427 e. The molecule has 0 atom stereocenters. The molecule has 0 saturated heterocycles. The summed E-state index contributed by atoms with van der Waals surface area (Å²) in [5, 5.41) is 10.3. The highest BCUT2D eigenvalue weighted by atomic mass is 16.5. The molecular weight excluding hydrogens is 403 g/mol. The van der Waals surface area contributed by atoms with Gasteiger partial charge in [0.15, 0.2) is 0 Å². The molecule has 2 nitrogen and oxygen atoms in total. The molecule has 4 rings (SSSR count). The van der Waals surface area contributed by atoms with E-state index in [0.29, 0.717) is 0 Å². The van der Waals surface area contributed by atoms with Crippen molar-refractivity contribution in [2.75, 3.05) is 0 Å². The molecule has 0 spiro atoms. The van der Waals surface area contributed by atoms with Crippen LogP contribution in [0.15, 0.2) is 103 Å². The minimum absolute atomic E-state index is 0.700. The Hall–Kier alpha value is -3.14. The molecule has 3 heteroatoms. The number of benzene rings is 4. The second-order valence-electron chi connectivity index (χ2n) is 9.45. The highest BCUT2D eigenvalue weighted by molar-refractivity contribution is 6.47. The third-order valence-corrected chi connectivity index (χ3v) is 6.37. The SMILES string of the molecule is CC(C)(O)C(C)(C)O[B]c1cccc(-c2cccc(-c3ccc(-c4ccccc4)cc3)c2)c1. The first-order valence-corrected chi connectivity index (χ1v) is 11.3. The van der Waals surface area contributed by atoms with Crippen LogP contribution in [0.25, 0.3) is 33.4 Å². The Morgan fingerprint density at radius 3 is 1.61 bits per heavy atom. The Balaban J connectivity index is 1.54. The molecule has 0 aliphatic carbocycles. The fourth-order valence-corrected chi connectivity index (χ4v) is 3.52. The minimum atomic E-state index is -0.953. The summed E-state index contributed by atoms with van der Waals surface area (Å²) < 4.78 is 5.94. The molecule has 0 bridgehead atoms. The van der Waals surface area contributed by atoms with Crippen LogP contribution in [-0.4, -0.2) is 23.8 Å². The topological polar surface area (TPSA) is 29.5 Å². The summed E-state index contributed by atoms with van der Waals surface area (Å²) in [6.07, 6.45) is 0. The Morgan fingerprint density at radius 2 is 1.00 bits per heavy atom. The summed E-state index contributed by atoms with van der Waals surface area (Å²) in [5.74, 6) is 0. The molecule has 0 aliphatic rings. The second kappa shape index (κ2) is 9.39. The number of rotatable bonds is 7. The molecular formula is C30H30BO2. The Kier molecular flexibility index (Phi) is 6.55. The van der Waals surface area contributed by atoms with Gasteiger partial charge in [-0.05, 0) is 67.1 Å². The van der Waals surface area contributed by atoms with Crippen LogP contribution < -0.4 is 5.46 Å². The Labute approximate surface area is 198 Å². The van der Waals surface area contributed by atoms with Crippen molar-refractivity contribution in [3.63, 3.8) is 0 Å². The molecule has 0 heterocycles. The summed E-state index contributed by atoms with van der Waals surface area (Å²) in [5.41, 5.74) is 6.39. The molecule has 1 radical (unpaired) electrons. The largest absolute Gasteiger partial charge is 0.427 e. The van der Waals surface area contributed by atoms with Gasteiger partial charge in [0.1, 0.15) is 0 Å². The quantitative estimate of drug-likeness (QED) is 0.337. The van der Waals surface area contributed by atoms with Crippen molar-refractivity contribution in [2.45, 2.75) is 38.9 Å². The van der Waals surface area contributed by atoms with E-state index in [2.05, 4.69) is 84.9 Å². The average Bonchev–Trinajstić information content (AvgIpc) is 2.83. The van der Waals surface area contributed by atoms with E-state index in [1.165, 1.54) is 22.3 Å². The molecule has 0 fully saturated rings. The lowest BCUT2D eigenvalue weighted by Gasteiger charge is -2.37. The fraction of sp³-hybridized carbons (Fsp3) is 0.200. The maximum atomic E-state index is 10.3. The molecule has 33 heavy (non-hydrogen) atoms. The monoisotopic (exact) mass is 433 g/mol. The molecule has 0 unspecified atom stereocenters. The zero-order valence-electron chi connectivity index (χ0n) is 19.7. The predicted octanol–water partition coefficient (Wildman–Crippen LogP) is 6.50. The highest BCUT2D eigenvalue weighted by Gasteiger charge is 2.35. The van der Waals surface area contributed by atoms with Crippen molar-refractivity contribution in [3.8, 4) is 33.4 Å². The van der Waals surface area contributed by atoms with Crippen molar-refractivity contribution in [3.05, 3.63) is 103 Å². The van der Waals surface area contributed by atoms with Gasteiger partial charge in [0.2, 0.25) is 0 Å². The predicted molar refractivity (Wildman–Crippen MR) is 140 cm³/mol. The first kappa shape index (κ1) is 23.0. The zero-order chi connectivity index (χ0) is 23.5. The van der Waals surface area contributed by atoms with Gasteiger partial charge in [0, 0.05) is 0 Å². The van der Waals surface area contributed by atoms with Gasteiger partial charge in [0.05, 0.1) is 11.2 Å². The molecule has 0 saturated carbocycles. The molecule has 1 N–H and O–H groups in total. The lowest BCUT2D eigenvalue weighted by molar-refractivity contribution is -0.0893. The molecule has 0 aromatic heterocycles. The van der Waals surface area contributed by atoms with Crippen molar-refractivity contribution in [2.24, 2.45) is 0 Å². The third-order valence-electron chi connectivity index (χ3n) is 6.37. The smallest absolute Gasteiger partial charge is 0.330 e.